The monoisotopic (exact) mass is 266 g/mol. The Morgan fingerprint density at radius 1 is 1.50 bits per heavy atom. The molecule has 0 bridgehead atoms. The first-order valence-corrected chi connectivity index (χ1v) is 7.54. The quantitative estimate of drug-likeness (QED) is 0.912. The van der Waals surface area contributed by atoms with E-state index in [-0.39, 0.29) is 11.9 Å². The average Bonchev–Trinajstić information content (AvgIpc) is 2.80. The summed E-state index contributed by atoms with van der Waals surface area (Å²) in [5.74, 6) is 1.38. The van der Waals surface area contributed by atoms with Gasteiger partial charge in [0.05, 0.1) is 0 Å². The van der Waals surface area contributed by atoms with E-state index in [1.807, 2.05) is 0 Å². The lowest BCUT2D eigenvalue weighted by molar-refractivity contribution is -0.119. The summed E-state index contributed by atoms with van der Waals surface area (Å²) in [7, 11) is 0. The molecule has 2 atom stereocenters. The first kappa shape index (κ1) is 13.4. The molecule has 0 spiro atoms. The molecule has 1 aromatic heterocycles. The molecule has 1 aromatic rings. The van der Waals surface area contributed by atoms with E-state index in [2.05, 4.69) is 40.9 Å². The second-order valence-electron chi connectivity index (χ2n) is 5.52. The van der Waals surface area contributed by atoms with Crippen LogP contribution in [0.25, 0.3) is 0 Å². The van der Waals surface area contributed by atoms with Crippen LogP contribution in [0.2, 0.25) is 0 Å². The Hall–Kier alpha value is -1.03. The maximum Gasteiger partial charge on any atom is 0.217 e. The minimum Gasteiger partial charge on any atom is -0.369 e. The number of nitrogens with zero attached hydrogens (tertiary/aromatic N) is 1. The van der Waals surface area contributed by atoms with E-state index >= 15 is 0 Å². The third-order valence-electron chi connectivity index (χ3n) is 3.70. The minimum absolute atomic E-state index is 0.0784. The molecule has 3 nitrogen and oxygen atoms in total. The third-order valence-corrected chi connectivity index (χ3v) is 4.38. The van der Waals surface area contributed by atoms with Crippen molar-refractivity contribution >= 4 is 22.9 Å². The number of anilines is 1. The number of nitrogens with one attached hydrogen (secondary N) is 1. The van der Waals surface area contributed by atoms with Gasteiger partial charge in [0.15, 0.2) is 0 Å². The highest BCUT2D eigenvalue weighted by Crippen LogP contribution is 2.28. The predicted molar refractivity (Wildman–Crippen MR) is 77.1 cm³/mol. The number of carbonyl (C=O) groups is 1. The molecule has 0 saturated carbocycles. The van der Waals surface area contributed by atoms with Crippen LogP contribution in [-0.2, 0) is 4.79 Å². The van der Waals surface area contributed by atoms with Gasteiger partial charge in [0.25, 0.3) is 0 Å². The third kappa shape index (κ3) is 3.25. The molecular formula is C14H22N2OS. The van der Waals surface area contributed by atoms with Crippen molar-refractivity contribution < 1.29 is 4.79 Å². The Morgan fingerprint density at radius 3 is 2.83 bits per heavy atom. The molecule has 4 heteroatoms. The van der Waals surface area contributed by atoms with E-state index < -0.39 is 0 Å². The molecule has 0 radical (unpaired) electrons. The molecule has 2 unspecified atom stereocenters. The Kier molecular flexibility index (Phi) is 4.27. The Bertz CT molecular complexity index is 389. The van der Waals surface area contributed by atoms with Gasteiger partial charge >= 0.3 is 0 Å². The molecule has 2 rings (SSSR count). The molecule has 1 aliphatic heterocycles. The van der Waals surface area contributed by atoms with Crippen LogP contribution in [0.1, 0.15) is 27.2 Å². The van der Waals surface area contributed by atoms with Crippen molar-refractivity contribution in [3.63, 3.8) is 0 Å². The lowest BCUT2D eigenvalue weighted by atomic mass is 9.85. The molecule has 100 valence electrons. The van der Waals surface area contributed by atoms with Gasteiger partial charge in [-0.05, 0) is 29.7 Å². The number of amides is 1. The second kappa shape index (κ2) is 5.74. The number of rotatable bonds is 3. The average molecular weight is 266 g/mol. The fraction of sp³-hybridized carbons (Fsp3) is 0.643. The van der Waals surface area contributed by atoms with Crippen LogP contribution in [0, 0.1) is 11.8 Å². The number of piperidine rings is 1. The molecule has 1 aliphatic rings. The summed E-state index contributed by atoms with van der Waals surface area (Å²) in [6.07, 6.45) is 1.10. The molecule has 0 aromatic carbocycles. The van der Waals surface area contributed by atoms with E-state index in [4.69, 9.17) is 0 Å². The standard InChI is InChI=1S/C14H22N2OS/c1-10(2)12-6-13(15-11(3)17)8-16(7-12)14-4-5-18-9-14/h4-5,9-10,12-13H,6-8H2,1-3H3,(H,15,17). The topological polar surface area (TPSA) is 32.3 Å². The molecule has 1 saturated heterocycles. The number of thiophene rings is 1. The van der Waals surface area contributed by atoms with Crippen LogP contribution < -0.4 is 10.2 Å². The zero-order valence-electron chi connectivity index (χ0n) is 11.3. The highest BCUT2D eigenvalue weighted by atomic mass is 32.1. The van der Waals surface area contributed by atoms with E-state index in [0.29, 0.717) is 11.8 Å². The first-order valence-electron chi connectivity index (χ1n) is 6.60. The number of carbonyl (C=O) groups excluding carboxylic acids is 1. The number of hydrogen-bond donors (Lipinski definition) is 1. The van der Waals surface area contributed by atoms with Gasteiger partial charge in [0, 0.05) is 37.1 Å². The Morgan fingerprint density at radius 2 is 2.28 bits per heavy atom. The fourth-order valence-electron chi connectivity index (χ4n) is 2.66. The van der Waals surface area contributed by atoms with Crippen LogP contribution >= 0.6 is 11.3 Å². The molecule has 1 amide bonds. The molecule has 0 aliphatic carbocycles. The molecular weight excluding hydrogens is 244 g/mol. The summed E-state index contributed by atoms with van der Waals surface area (Å²) in [5, 5.41) is 7.38. The van der Waals surface area contributed by atoms with Gasteiger partial charge in [-0.2, -0.15) is 11.3 Å². The predicted octanol–water partition coefficient (Wildman–Crippen LogP) is 2.74. The van der Waals surface area contributed by atoms with Crippen molar-refractivity contribution in [3.05, 3.63) is 16.8 Å². The van der Waals surface area contributed by atoms with Gasteiger partial charge < -0.3 is 10.2 Å². The highest BCUT2D eigenvalue weighted by Gasteiger charge is 2.29. The van der Waals surface area contributed by atoms with E-state index in [1.54, 1.807) is 18.3 Å². The maximum atomic E-state index is 11.3. The van der Waals surface area contributed by atoms with Crippen LogP contribution in [0.5, 0.6) is 0 Å². The van der Waals surface area contributed by atoms with Crippen molar-refractivity contribution in [2.75, 3.05) is 18.0 Å². The minimum atomic E-state index is 0.0784. The van der Waals surface area contributed by atoms with Gasteiger partial charge in [-0.25, -0.2) is 0 Å². The van der Waals surface area contributed by atoms with Gasteiger partial charge in [-0.15, -0.1) is 0 Å². The zero-order valence-corrected chi connectivity index (χ0v) is 12.2. The smallest absolute Gasteiger partial charge is 0.217 e. The summed E-state index contributed by atoms with van der Waals surface area (Å²) in [4.78, 5) is 13.7. The highest BCUT2D eigenvalue weighted by molar-refractivity contribution is 7.08. The molecule has 1 fully saturated rings. The van der Waals surface area contributed by atoms with Crippen LogP contribution in [0.4, 0.5) is 5.69 Å². The van der Waals surface area contributed by atoms with Crippen LogP contribution in [0.3, 0.4) is 0 Å². The van der Waals surface area contributed by atoms with E-state index in [0.717, 1.165) is 19.5 Å². The van der Waals surface area contributed by atoms with Crippen LogP contribution in [0.15, 0.2) is 16.8 Å². The summed E-state index contributed by atoms with van der Waals surface area (Å²) < 4.78 is 0. The van der Waals surface area contributed by atoms with Gasteiger partial charge in [-0.3, -0.25) is 4.79 Å². The summed E-state index contributed by atoms with van der Waals surface area (Å²) in [6.45, 7) is 8.18. The Labute approximate surface area is 113 Å². The van der Waals surface area contributed by atoms with Crippen molar-refractivity contribution in [1.82, 2.24) is 5.32 Å². The van der Waals surface area contributed by atoms with Gasteiger partial charge in [0.2, 0.25) is 5.91 Å². The van der Waals surface area contributed by atoms with Crippen molar-refractivity contribution in [1.29, 1.82) is 0 Å². The maximum absolute atomic E-state index is 11.3. The lowest BCUT2D eigenvalue weighted by Gasteiger charge is -2.40. The summed E-state index contributed by atoms with van der Waals surface area (Å²) in [6, 6.07) is 2.45. The first-order chi connectivity index (χ1) is 8.56. The fourth-order valence-corrected chi connectivity index (χ4v) is 3.32. The summed E-state index contributed by atoms with van der Waals surface area (Å²) >= 11 is 1.73. The van der Waals surface area contributed by atoms with E-state index in [9.17, 15) is 4.79 Å². The van der Waals surface area contributed by atoms with Crippen molar-refractivity contribution in [2.24, 2.45) is 11.8 Å². The van der Waals surface area contributed by atoms with Crippen molar-refractivity contribution in [2.45, 2.75) is 33.2 Å². The molecule has 1 N–H and O–H groups in total. The molecule has 18 heavy (non-hydrogen) atoms. The normalized spacial score (nSPS) is 24.3. The van der Waals surface area contributed by atoms with Crippen LogP contribution in [-0.4, -0.2) is 25.0 Å². The van der Waals surface area contributed by atoms with Gasteiger partial charge in [-0.1, -0.05) is 13.8 Å². The zero-order chi connectivity index (χ0) is 13.1. The SMILES string of the molecule is CC(=O)NC1CC(C(C)C)CN(c2ccsc2)C1. The largest absolute Gasteiger partial charge is 0.369 e. The van der Waals surface area contributed by atoms with Crippen molar-refractivity contribution in [3.8, 4) is 0 Å². The summed E-state index contributed by atoms with van der Waals surface area (Å²) in [5.41, 5.74) is 1.29. The van der Waals surface area contributed by atoms with Gasteiger partial charge in [0.1, 0.15) is 0 Å². The van der Waals surface area contributed by atoms with E-state index in [1.165, 1.54) is 5.69 Å². The molecule has 2 heterocycles. The lowest BCUT2D eigenvalue weighted by Crippen LogP contribution is -2.51. The second-order valence-corrected chi connectivity index (χ2v) is 6.30. The number of hydrogen-bond acceptors (Lipinski definition) is 3. The Balaban J connectivity index is 2.09.